The first-order valence-electron chi connectivity index (χ1n) is 14.5. The van der Waals surface area contributed by atoms with E-state index >= 15 is 0 Å². The van der Waals surface area contributed by atoms with Gasteiger partial charge in [-0.25, -0.2) is 27.3 Å². The van der Waals surface area contributed by atoms with Gasteiger partial charge in [0.15, 0.2) is 17.3 Å². The molecule has 0 bridgehead atoms. The van der Waals surface area contributed by atoms with Crippen molar-refractivity contribution in [3.05, 3.63) is 105 Å². The molecule has 50 heavy (non-hydrogen) atoms. The number of hydrogen-bond acceptors (Lipinski definition) is 5. The molecule has 0 radical (unpaired) electrons. The molecule has 2 heterocycles. The number of nitrogens with two attached hydrogens (primary N) is 1. The Morgan fingerprint density at radius 3 is 2.32 bits per heavy atom. The Labute approximate surface area is 277 Å². The van der Waals surface area contributed by atoms with Crippen molar-refractivity contribution in [3.8, 4) is 23.0 Å². The molecular weight excluding hydrogens is 685 g/mol. The molecule has 4 aromatic rings. The summed E-state index contributed by atoms with van der Waals surface area (Å²) in [4.78, 5) is 29.9. The topological polar surface area (TPSA) is 123 Å². The average Bonchev–Trinajstić information content (AvgIpc) is 3.54. The number of carbonyl (C=O) groups is 2. The maximum absolute atomic E-state index is 14.9. The van der Waals surface area contributed by atoms with Crippen LogP contribution in [-0.2, 0) is 24.9 Å². The number of alkyl halides is 5. The van der Waals surface area contributed by atoms with E-state index in [9.17, 15) is 54.2 Å². The van der Waals surface area contributed by atoms with E-state index in [1.165, 1.54) is 26.0 Å². The number of fused-ring (bicyclic) bond motifs is 1. The van der Waals surface area contributed by atoms with Crippen LogP contribution in [0.25, 0.3) is 11.1 Å². The molecule has 5 rings (SSSR count). The minimum atomic E-state index is -5.22. The number of carbonyl (C=O) groups excluding carboxylic acids is 2. The standard InChI is InChI=1S/C33H24F9N5O3/c1-31(2,50)7-5-19-3-4-20(16-12-22(29(43)48)25(37)23(36)13-16)26(44-19)24(11-15-9-17(34)14-18(35)10-15)45-30(49)47-28-21(6-8-32(28,38)39)27(46-47)33(40,41)42/h3-4,9-10,12-14,24,50H,6,8,11H2,1-2H3,(H2,43,48)(H,45,49). The first kappa shape index (κ1) is 35.9. The highest BCUT2D eigenvalue weighted by molar-refractivity contribution is 5.94. The van der Waals surface area contributed by atoms with Crippen LogP contribution in [0.4, 0.5) is 44.3 Å². The third-order valence-corrected chi connectivity index (χ3v) is 7.50. The zero-order chi connectivity index (χ0) is 36.9. The summed E-state index contributed by atoms with van der Waals surface area (Å²) in [5.74, 6) is -5.56. The van der Waals surface area contributed by atoms with E-state index in [2.05, 4.69) is 27.2 Å². The minimum absolute atomic E-state index is 0.140. The zero-order valence-electron chi connectivity index (χ0n) is 25.8. The number of nitrogens with one attached hydrogen (secondary N) is 1. The summed E-state index contributed by atoms with van der Waals surface area (Å²) in [6.45, 7) is 2.66. The molecule has 1 unspecified atom stereocenters. The summed E-state index contributed by atoms with van der Waals surface area (Å²) in [6.07, 6.45) is -7.64. The molecule has 0 aliphatic heterocycles. The van der Waals surface area contributed by atoms with Crippen LogP contribution in [0.3, 0.4) is 0 Å². The molecule has 0 saturated heterocycles. The van der Waals surface area contributed by atoms with E-state index in [0.717, 1.165) is 18.2 Å². The Hall–Kier alpha value is -5.37. The number of amides is 2. The van der Waals surface area contributed by atoms with E-state index in [-0.39, 0.29) is 32.8 Å². The lowest BCUT2D eigenvalue weighted by atomic mass is 9.93. The predicted molar refractivity (Wildman–Crippen MR) is 157 cm³/mol. The number of pyridine rings is 1. The van der Waals surface area contributed by atoms with Crippen molar-refractivity contribution < 1.29 is 54.2 Å². The predicted octanol–water partition coefficient (Wildman–Crippen LogP) is 6.32. The van der Waals surface area contributed by atoms with Gasteiger partial charge < -0.3 is 16.2 Å². The van der Waals surface area contributed by atoms with Crippen molar-refractivity contribution in [2.45, 2.75) is 56.9 Å². The second-order valence-corrected chi connectivity index (χ2v) is 11.9. The van der Waals surface area contributed by atoms with Gasteiger partial charge in [-0.15, -0.1) is 0 Å². The normalized spacial score (nSPS) is 14.5. The largest absolute Gasteiger partial charge is 0.435 e. The Kier molecular flexibility index (Phi) is 9.21. The first-order chi connectivity index (χ1) is 23.1. The lowest BCUT2D eigenvalue weighted by Gasteiger charge is -2.23. The lowest BCUT2D eigenvalue weighted by molar-refractivity contribution is -0.142. The van der Waals surface area contributed by atoms with Crippen LogP contribution in [0.2, 0.25) is 0 Å². The number of benzene rings is 2. The van der Waals surface area contributed by atoms with Crippen molar-refractivity contribution in [2.75, 3.05) is 0 Å². The SMILES string of the molecule is CC(C)(O)C#Cc1ccc(-c2cc(F)c(F)c(C(N)=O)c2)c(C(Cc2cc(F)cc(F)c2)NC(=O)n2nc(C(F)(F)F)c3c2C(F)(F)CC3)n1. The van der Waals surface area contributed by atoms with Crippen molar-refractivity contribution in [1.82, 2.24) is 20.1 Å². The Morgan fingerprint density at radius 1 is 1.06 bits per heavy atom. The van der Waals surface area contributed by atoms with E-state index in [1.807, 2.05) is 0 Å². The maximum Gasteiger partial charge on any atom is 0.435 e. The summed E-state index contributed by atoms with van der Waals surface area (Å²) < 4.78 is 129. The van der Waals surface area contributed by atoms with Gasteiger partial charge in [0.2, 0.25) is 0 Å². The number of hydrogen-bond donors (Lipinski definition) is 3. The molecule has 17 heteroatoms. The minimum Gasteiger partial charge on any atom is -0.378 e. The second-order valence-electron chi connectivity index (χ2n) is 11.9. The molecule has 2 aromatic heterocycles. The molecule has 1 aliphatic carbocycles. The van der Waals surface area contributed by atoms with Gasteiger partial charge in [-0.2, -0.15) is 31.7 Å². The fourth-order valence-electron chi connectivity index (χ4n) is 5.42. The number of halogens is 9. The van der Waals surface area contributed by atoms with Gasteiger partial charge in [-0.1, -0.05) is 5.92 Å². The van der Waals surface area contributed by atoms with Gasteiger partial charge in [-0.3, -0.25) is 4.79 Å². The highest BCUT2D eigenvalue weighted by Crippen LogP contribution is 2.46. The molecular formula is C33H24F9N5O3. The summed E-state index contributed by atoms with van der Waals surface area (Å²) in [6, 6.07) is 2.77. The number of primary amides is 1. The van der Waals surface area contributed by atoms with E-state index in [1.54, 1.807) is 0 Å². The van der Waals surface area contributed by atoms with Gasteiger partial charge >= 0.3 is 12.2 Å². The van der Waals surface area contributed by atoms with Crippen LogP contribution < -0.4 is 11.1 Å². The number of aliphatic hydroxyl groups is 1. The van der Waals surface area contributed by atoms with Gasteiger partial charge in [0.25, 0.3) is 11.8 Å². The smallest absolute Gasteiger partial charge is 0.378 e. The van der Waals surface area contributed by atoms with Crippen LogP contribution in [0.5, 0.6) is 0 Å². The van der Waals surface area contributed by atoms with Crippen LogP contribution in [0.1, 0.15) is 70.6 Å². The lowest BCUT2D eigenvalue weighted by Crippen LogP contribution is -2.37. The zero-order valence-corrected chi connectivity index (χ0v) is 25.8. The van der Waals surface area contributed by atoms with Crippen molar-refractivity contribution in [3.63, 3.8) is 0 Å². The molecule has 262 valence electrons. The number of rotatable bonds is 6. The number of nitrogens with zero attached hydrogens (tertiary/aromatic N) is 3. The molecule has 0 saturated carbocycles. The molecule has 0 spiro atoms. The van der Waals surface area contributed by atoms with Crippen LogP contribution in [0.15, 0.2) is 42.5 Å². The van der Waals surface area contributed by atoms with Crippen molar-refractivity contribution in [2.24, 2.45) is 5.73 Å². The van der Waals surface area contributed by atoms with Crippen LogP contribution >= 0.6 is 0 Å². The third kappa shape index (κ3) is 7.44. The van der Waals surface area contributed by atoms with Gasteiger partial charge in [0, 0.05) is 23.6 Å². The molecule has 1 atom stereocenters. The van der Waals surface area contributed by atoms with Gasteiger partial charge in [-0.05, 0) is 80.1 Å². The van der Waals surface area contributed by atoms with E-state index in [4.69, 9.17) is 5.73 Å². The molecule has 4 N–H and O–H groups in total. The van der Waals surface area contributed by atoms with Crippen LogP contribution in [-0.4, -0.2) is 37.4 Å². The fourth-order valence-corrected chi connectivity index (χ4v) is 5.42. The summed E-state index contributed by atoms with van der Waals surface area (Å²) >= 11 is 0. The highest BCUT2D eigenvalue weighted by atomic mass is 19.4. The fraction of sp³-hybridized carbons (Fsp3) is 0.273. The first-order valence-corrected chi connectivity index (χ1v) is 14.5. The Balaban J connectivity index is 1.74. The Morgan fingerprint density at radius 2 is 1.72 bits per heavy atom. The third-order valence-electron chi connectivity index (χ3n) is 7.50. The highest BCUT2D eigenvalue weighted by Gasteiger charge is 2.51. The molecule has 1 aliphatic rings. The molecule has 2 amide bonds. The van der Waals surface area contributed by atoms with Gasteiger partial charge in [0.05, 0.1) is 17.3 Å². The molecule has 2 aromatic carbocycles. The van der Waals surface area contributed by atoms with Crippen molar-refractivity contribution >= 4 is 11.9 Å². The monoisotopic (exact) mass is 709 g/mol. The second kappa shape index (κ2) is 12.8. The van der Waals surface area contributed by atoms with Gasteiger partial charge in [0.1, 0.15) is 28.6 Å². The average molecular weight is 710 g/mol. The van der Waals surface area contributed by atoms with Crippen LogP contribution in [0, 0.1) is 35.1 Å². The van der Waals surface area contributed by atoms with Crippen molar-refractivity contribution in [1.29, 1.82) is 0 Å². The van der Waals surface area contributed by atoms with E-state index in [0.29, 0.717) is 12.1 Å². The molecule has 8 nitrogen and oxygen atoms in total. The number of aromatic nitrogens is 3. The summed E-state index contributed by atoms with van der Waals surface area (Å²) in [5, 5.41) is 15.5. The molecule has 0 fully saturated rings. The summed E-state index contributed by atoms with van der Waals surface area (Å²) in [5.41, 5.74) is -2.33. The Bertz CT molecular complexity index is 2070. The summed E-state index contributed by atoms with van der Waals surface area (Å²) in [7, 11) is 0. The quantitative estimate of drug-likeness (QED) is 0.160. The maximum atomic E-state index is 14.9. The van der Waals surface area contributed by atoms with E-state index < -0.39 is 101 Å².